The maximum absolute atomic E-state index is 10.4. The van der Waals surface area contributed by atoms with Crippen molar-refractivity contribution >= 4 is 16.6 Å². The Hall–Kier alpha value is -2.59. The molecule has 2 rings (SSSR count). The summed E-state index contributed by atoms with van der Waals surface area (Å²) in [6.45, 7) is 22.1. The summed E-state index contributed by atoms with van der Waals surface area (Å²) in [5, 5.41) is 20.7. The zero-order valence-corrected chi connectivity index (χ0v) is 20.0. The van der Waals surface area contributed by atoms with Gasteiger partial charge >= 0.3 is 0 Å². The van der Waals surface area contributed by atoms with Crippen molar-refractivity contribution in [3.63, 3.8) is 0 Å². The van der Waals surface area contributed by atoms with Gasteiger partial charge in [-0.2, -0.15) is 0 Å². The van der Waals surface area contributed by atoms with Gasteiger partial charge in [0.05, 0.1) is 17.8 Å². The zero-order chi connectivity index (χ0) is 22.9. The minimum absolute atomic E-state index is 0.127. The van der Waals surface area contributed by atoms with E-state index < -0.39 is 0 Å². The van der Waals surface area contributed by atoms with Crippen molar-refractivity contribution < 1.29 is 5.11 Å². The molecule has 0 aliphatic rings. The van der Waals surface area contributed by atoms with Crippen LogP contribution in [0.4, 0.5) is 0 Å². The molecule has 2 N–H and O–H groups in total. The van der Waals surface area contributed by atoms with E-state index in [2.05, 4.69) is 39.3 Å². The standard InChI is InChI=1S/C26H35N3O/c1-11-20-21(12-30)23(17(8)26-24(20)18(9)28-19(10)29-26)25(27)22(15(6)13(2)3)16(7)14(4)5/h27,30H,2,11-12H2,1,3-10H3/b22-15-,27-25?. The molecule has 0 unspecified atom stereocenters. The highest BCUT2D eigenvalue weighted by Gasteiger charge is 2.25. The molecule has 0 saturated heterocycles. The smallest absolute Gasteiger partial charge is 0.126 e. The van der Waals surface area contributed by atoms with Crippen LogP contribution in [0.2, 0.25) is 0 Å². The normalized spacial score (nSPS) is 12.1. The fourth-order valence-corrected chi connectivity index (χ4v) is 4.14. The van der Waals surface area contributed by atoms with Gasteiger partial charge in [-0.1, -0.05) is 24.6 Å². The number of allylic oxidation sites excluding steroid dienone is 5. The lowest BCUT2D eigenvalue weighted by Crippen LogP contribution is -2.16. The Balaban J connectivity index is 3.08. The van der Waals surface area contributed by atoms with Gasteiger partial charge in [-0.15, -0.1) is 0 Å². The summed E-state index contributed by atoms with van der Waals surface area (Å²) >= 11 is 0. The molecule has 4 nitrogen and oxygen atoms in total. The fourth-order valence-electron chi connectivity index (χ4n) is 4.14. The van der Waals surface area contributed by atoms with Crippen LogP contribution in [0.5, 0.6) is 0 Å². The topological polar surface area (TPSA) is 69.9 Å². The summed E-state index contributed by atoms with van der Waals surface area (Å²) < 4.78 is 0. The van der Waals surface area contributed by atoms with Gasteiger partial charge in [0.15, 0.2) is 0 Å². The molecule has 0 radical (unpaired) electrons. The Morgan fingerprint density at radius 2 is 1.57 bits per heavy atom. The average molecular weight is 406 g/mol. The summed E-state index contributed by atoms with van der Waals surface area (Å²) in [6.07, 6.45) is 0.736. The molecule has 4 heteroatoms. The van der Waals surface area contributed by atoms with Gasteiger partial charge in [0.1, 0.15) is 5.82 Å². The van der Waals surface area contributed by atoms with Gasteiger partial charge in [-0.05, 0) is 89.6 Å². The SMILES string of the molecule is C=C(C)/C(C)=C(\C(=N)c1c(CO)c(CC)c2c(C)nc(C)nc2c1C)C(C)=C(C)C. The van der Waals surface area contributed by atoms with E-state index in [-0.39, 0.29) is 6.61 Å². The van der Waals surface area contributed by atoms with E-state index in [0.717, 1.165) is 73.1 Å². The number of aryl methyl sites for hydroxylation is 4. The Bertz CT molecular complexity index is 1110. The molecule has 2 aromatic rings. The molecule has 0 saturated carbocycles. The molecule has 160 valence electrons. The second kappa shape index (κ2) is 9.05. The van der Waals surface area contributed by atoms with Crippen molar-refractivity contribution in [3.8, 4) is 0 Å². The number of nitrogens with one attached hydrogen (secondary N) is 1. The molecule has 0 atom stereocenters. The van der Waals surface area contributed by atoms with E-state index in [4.69, 9.17) is 4.98 Å². The number of hydrogen-bond donors (Lipinski definition) is 2. The van der Waals surface area contributed by atoms with Crippen LogP contribution in [0.25, 0.3) is 10.9 Å². The average Bonchev–Trinajstić information content (AvgIpc) is 2.67. The van der Waals surface area contributed by atoms with Crippen LogP contribution in [0, 0.1) is 26.2 Å². The first kappa shape index (κ1) is 23.7. The maximum Gasteiger partial charge on any atom is 0.126 e. The van der Waals surface area contributed by atoms with Gasteiger partial charge in [0.25, 0.3) is 0 Å². The molecule has 30 heavy (non-hydrogen) atoms. The number of nitrogens with zero attached hydrogens (tertiary/aromatic N) is 2. The van der Waals surface area contributed by atoms with Crippen LogP contribution in [-0.4, -0.2) is 20.8 Å². The van der Waals surface area contributed by atoms with Gasteiger partial charge in [-0.3, -0.25) is 5.41 Å². The third-order valence-electron chi connectivity index (χ3n) is 6.05. The van der Waals surface area contributed by atoms with Gasteiger partial charge in [0, 0.05) is 22.2 Å². The summed E-state index contributed by atoms with van der Waals surface area (Å²) in [5.41, 5.74) is 10.8. The number of benzene rings is 1. The van der Waals surface area contributed by atoms with Crippen LogP contribution in [0.15, 0.2) is 34.4 Å². The Morgan fingerprint density at radius 3 is 2.03 bits per heavy atom. The minimum atomic E-state index is -0.127. The van der Waals surface area contributed by atoms with E-state index in [1.54, 1.807) is 0 Å². The quantitative estimate of drug-likeness (QED) is 0.442. The number of fused-ring (bicyclic) bond motifs is 1. The third kappa shape index (κ3) is 4.01. The second-order valence-corrected chi connectivity index (χ2v) is 8.33. The molecule has 0 amide bonds. The number of hydrogen-bond acceptors (Lipinski definition) is 4. The Kier molecular flexibility index (Phi) is 7.14. The van der Waals surface area contributed by atoms with E-state index in [0.29, 0.717) is 11.5 Å². The highest BCUT2D eigenvalue weighted by molar-refractivity contribution is 6.17. The molecule has 0 bridgehead atoms. The van der Waals surface area contributed by atoms with E-state index in [1.165, 1.54) is 0 Å². The first-order chi connectivity index (χ1) is 14.0. The van der Waals surface area contributed by atoms with Crippen molar-refractivity contribution in [3.05, 3.63) is 68.2 Å². The van der Waals surface area contributed by atoms with Crippen LogP contribution in [0.1, 0.15) is 75.3 Å². The van der Waals surface area contributed by atoms with Crippen LogP contribution in [0.3, 0.4) is 0 Å². The molecule has 1 aromatic heterocycles. The van der Waals surface area contributed by atoms with Crippen molar-refractivity contribution in [2.24, 2.45) is 0 Å². The summed E-state index contributed by atoms with van der Waals surface area (Å²) in [5.74, 6) is 0.716. The predicted octanol–water partition coefficient (Wildman–Crippen LogP) is 6.23. The minimum Gasteiger partial charge on any atom is -0.392 e. The van der Waals surface area contributed by atoms with Crippen molar-refractivity contribution in [1.82, 2.24) is 9.97 Å². The van der Waals surface area contributed by atoms with Crippen molar-refractivity contribution in [1.29, 1.82) is 5.41 Å². The van der Waals surface area contributed by atoms with Crippen LogP contribution < -0.4 is 0 Å². The van der Waals surface area contributed by atoms with Crippen LogP contribution in [-0.2, 0) is 13.0 Å². The number of aromatic nitrogens is 2. The van der Waals surface area contributed by atoms with E-state index >= 15 is 0 Å². The van der Waals surface area contributed by atoms with E-state index in [9.17, 15) is 10.5 Å². The molecular weight excluding hydrogens is 370 g/mol. The van der Waals surface area contributed by atoms with Crippen molar-refractivity contribution in [2.45, 2.75) is 75.3 Å². The van der Waals surface area contributed by atoms with Gasteiger partial charge in [-0.25, -0.2) is 9.97 Å². The van der Waals surface area contributed by atoms with Crippen molar-refractivity contribution in [2.75, 3.05) is 0 Å². The Morgan fingerprint density at radius 1 is 0.967 bits per heavy atom. The summed E-state index contributed by atoms with van der Waals surface area (Å²) in [7, 11) is 0. The molecule has 0 aliphatic heterocycles. The number of rotatable bonds is 6. The maximum atomic E-state index is 10.4. The largest absolute Gasteiger partial charge is 0.392 e. The predicted molar refractivity (Wildman–Crippen MR) is 127 cm³/mol. The molecule has 0 aliphatic carbocycles. The zero-order valence-electron chi connectivity index (χ0n) is 20.0. The highest BCUT2D eigenvalue weighted by Crippen LogP contribution is 2.35. The number of aliphatic hydroxyl groups is 1. The monoisotopic (exact) mass is 405 g/mol. The van der Waals surface area contributed by atoms with Gasteiger partial charge in [0.2, 0.25) is 0 Å². The van der Waals surface area contributed by atoms with E-state index in [1.807, 2.05) is 34.6 Å². The highest BCUT2D eigenvalue weighted by atomic mass is 16.3. The first-order valence-electron chi connectivity index (χ1n) is 10.5. The third-order valence-corrected chi connectivity index (χ3v) is 6.05. The molecular formula is C26H35N3O. The molecule has 0 spiro atoms. The molecule has 1 heterocycles. The van der Waals surface area contributed by atoms with Crippen LogP contribution >= 0.6 is 0 Å². The lowest BCUT2D eigenvalue weighted by Gasteiger charge is -2.23. The number of aliphatic hydroxyl groups excluding tert-OH is 1. The second-order valence-electron chi connectivity index (χ2n) is 8.33. The summed E-state index contributed by atoms with van der Waals surface area (Å²) in [6, 6.07) is 0. The molecule has 1 aromatic carbocycles. The van der Waals surface area contributed by atoms with Gasteiger partial charge < -0.3 is 5.11 Å². The lowest BCUT2D eigenvalue weighted by molar-refractivity contribution is 0.280. The molecule has 0 fully saturated rings. The lowest BCUT2D eigenvalue weighted by atomic mass is 9.82. The summed E-state index contributed by atoms with van der Waals surface area (Å²) in [4.78, 5) is 9.31. The Labute approximate surface area is 181 Å². The first-order valence-corrected chi connectivity index (χ1v) is 10.5. The fraction of sp³-hybridized carbons (Fsp3) is 0.423.